The first-order valence-corrected chi connectivity index (χ1v) is 3.73. The van der Waals surface area contributed by atoms with E-state index in [2.05, 4.69) is 4.74 Å². The standard InChI is InChI=1S/C7H4Cl2O3/c1-12-4-2-3(10)5(8)6(9)7(4)11/h2H,1H3. The molecule has 0 saturated heterocycles. The fourth-order valence-electron chi connectivity index (χ4n) is 0.716. The molecule has 64 valence electrons. The van der Waals surface area contributed by atoms with Crippen molar-refractivity contribution in [2.45, 2.75) is 0 Å². The minimum Gasteiger partial charge on any atom is -0.492 e. The third-order valence-corrected chi connectivity index (χ3v) is 2.15. The monoisotopic (exact) mass is 206 g/mol. The number of ether oxygens (including phenoxy) is 1. The number of halogens is 2. The molecule has 12 heavy (non-hydrogen) atoms. The van der Waals surface area contributed by atoms with Gasteiger partial charge in [0.15, 0.2) is 5.76 Å². The van der Waals surface area contributed by atoms with Crippen LogP contribution in [-0.4, -0.2) is 18.7 Å². The van der Waals surface area contributed by atoms with Gasteiger partial charge in [-0.25, -0.2) is 0 Å². The molecule has 0 atom stereocenters. The average Bonchev–Trinajstić information content (AvgIpc) is 2.08. The fourth-order valence-corrected chi connectivity index (χ4v) is 1.04. The molecule has 0 radical (unpaired) electrons. The van der Waals surface area contributed by atoms with Crippen LogP contribution in [0.15, 0.2) is 21.9 Å². The molecule has 0 spiro atoms. The van der Waals surface area contributed by atoms with Crippen molar-refractivity contribution in [1.82, 2.24) is 0 Å². The third-order valence-electron chi connectivity index (χ3n) is 1.31. The van der Waals surface area contributed by atoms with Gasteiger partial charge in [-0.05, 0) is 0 Å². The normalized spacial score (nSPS) is 18.1. The van der Waals surface area contributed by atoms with Crippen molar-refractivity contribution in [1.29, 1.82) is 0 Å². The van der Waals surface area contributed by atoms with Crippen LogP contribution in [-0.2, 0) is 14.3 Å². The number of allylic oxidation sites excluding steroid dienone is 3. The minimum atomic E-state index is -0.566. The van der Waals surface area contributed by atoms with Gasteiger partial charge in [0.1, 0.15) is 10.1 Å². The van der Waals surface area contributed by atoms with Crippen LogP contribution in [0.2, 0.25) is 0 Å². The first-order chi connectivity index (χ1) is 5.57. The van der Waals surface area contributed by atoms with Crippen LogP contribution in [0.4, 0.5) is 0 Å². The third kappa shape index (κ3) is 1.38. The molecule has 1 aliphatic rings. The molecule has 0 saturated carbocycles. The van der Waals surface area contributed by atoms with Gasteiger partial charge in [-0.15, -0.1) is 0 Å². The smallest absolute Gasteiger partial charge is 0.240 e. The zero-order valence-corrected chi connectivity index (χ0v) is 7.57. The summed E-state index contributed by atoms with van der Waals surface area (Å²) < 4.78 is 4.61. The number of methoxy groups -OCH3 is 1. The van der Waals surface area contributed by atoms with E-state index in [-0.39, 0.29) is 15.8 Å². The Morgan fingerprint density at radius 3 is 2.33 bits per heavy atom. The van der Waals surface area contributed by atoms with Gasteiger partial charge < -0.3 is 4.74 Å². The van der Waals surface area contributed by atoms with E-state index in [1.807, 2.05) is 0 Å². The topological polar surface area (TPSA) is 43.4 Å². The molecule has 0 heterocycles. The Morgan fingerprint density at radius 1 is 1.25 bits per heavy atom. The summed E-state index contributed by atoms with van der Waals surface area (Å²) in [6, 6.07) is 0. The lowest BCUT2D eigenvalue weighted by molar-refractivity contribution is -0.117. The van der Waals surface area contributed by atoms with Crippen molar-refractivity contribution in [2.24, 2.45) is 0 Å². The summed E-state index contributed by atoms with van der Waals surface area (Å²) in [6.07, 6.45) is 1.01. The predicted octanol–water partition coefficient (Wildman–Crippen LogP) is 1.36. The van der Waals surface area contributed by atoms with E-state index < -0.39 is 11.6 Å². The minimum absolute atomic E-state index is 0.0885. The van der Waals surface area contributed by atoms with Gasteiger partial charge >= 0.3 is 0 Å². The Balaban J connectivity index is 3.13. The Kier molecular flexibility index (Phi) is 2.55. The van der Waals surface area contributed by atoms with Crippen molar-refractivity contribution >= 4 is 34.8 Å². The molecule has 5 heteroatoms. The highest BCUT2D eigenvalue weighted by Crippen LogP contribution is 2.24. The second-order valence-electron chi connectivity index (χ2n) is 2.03. The largest absolute Gasteiger partial charge is 0.492 e. The zero-order valence-electron chi connectivity index (χ0n) is 6.06. The van der Waals surface area contributed by atoms with Crippen molar-refractivity contribution in [3.63, 3.8) is 0 Å². The van der Waals surface area contributed by atoms with Crippen molar-refractivity contribution in [3.8, 4) is 0 Å². The molecule has 1 aliphatic carbocycles. The molecule has 0 amide bonds. The molecule has 0 aromatic carbocycles. The highest BCUT2D eigenvalue weighted by atomic mass is 35.5. The summed E-state index contributed by atoms with van der Waals surface area (Å²) in [5.41, 5.74) is 0. The molecule has 0 unspecified atom stereocenters. The van der Waals surface area contributed by atoms with Crippen LogP contribution >= 0.6 is 23.2 Å². The summed E-state index contributed by atoms with van der Waals surface area (Å²) in [5.74, 6) is -1.17. The van der Waals surface area contributed by atoms with E-state index in [4.69, 9.17) is 23.2 Å². The average molecular weight is 207 g/mol. The number of carbonyl (C=O) groups excluding carboxylic acids is 2. The van der Waals surface area contributed by atoms with Crippen LogP contribution < -0.4 is 0 Å². The lowest BCUT2D eigenvalue weighted by Gasteiger charge is -2.09. The van der Waals surface area contributed by atoms with E-state index in [0.717, 1.165) is 6.08 Å². The van der Waals surface area contributed by atoms with Gasteiger partial charge in [0.25, 0.3) is 0 Å². The highest BCUT2D eigenvalue weighted by molar-refractivity contribution is 6.58. The number of carbonyl (C=O) groups is 2. The summed E-state index contributed by atoms with van der Waals surface area (Å²) in [4.78, 5) is 22.0. The molecule has 0 fully saturated rings. The Labute approximate surface area is 78.6 Å². The number of hydrogen-bond donors (Lipinski definition) is 0. The number of Topliss-reactive ketones (excluding diaryl/α,β-unsaturated/α-hetero) is 1. The van der Waals surface area contributed by atoms with Crippen molar-refractivity contribution in [2.75, 3.05) is 7.11 Å². The second-order valence-corrected chi connectivity index (χ2v) is 2.79. The lowest BCUT2D eigenvalue weighted by Crippen LogP contribution is -2.15. The van der Waals surface area contributed by atoms with E-state index in [1.54, 1.807) is 0 Å². The molecule has 3 nitrogen and oxygen atoms in total. The summed E-state index contributed by atoms with van der Waals surface area (Å²) >= 11 is 10.9. The van der Waals surface area contributed by atoms with Crippen LogP contribution in [0, 0.1) is 0 Å². The van der Waals surface area contributed by atoms with Gasteiger partial charge in [0, 0.05) is 6.08 Å². The molecule has 1 rings (SSSR count). The highest BCUT2D eigenvalue weighted by Gasteiger charge is 2.26. The van der Waals surface area contributed by atoms with E-state index in [9.17, 15) is 9.59 Å². The number of hydrogen-bond acceptors (Lipinski definition) is 3. The van der Waals surface area contributed by atoms with Crippen molar-refractivity contribution in [3.05, 3.63) is 21.9 Å². The number of ketones is 2. The maximum atomic E-state index is 11.1. The van der Waals surface area contributed by atoms with Gasteiger partial charge in [-0.3, -0.25) is 9.59 Å². The number of rotatable bonds is 1. The molecule has 0 bridgehead atoms. The molecular formula is C7H4Cl2O3. The van der Waals surface area contributed by atoms with Gasteiger partial charge in [0.05, 0.1) is 7.11 Å². The van der Waals surface area contributed by atoms with Crippen molar-refractivity contribution < 1.29 is 14.3 Å². The zero-order chi connectivity index (χ0) is 9.30. The van der Waals surface area contributed by atoms with Crippen LogP contribution in [0.1, 0.15) is 0 Å². The van der Waals surface area contributed by atoms with Gasteiger partial charge in [-0.1, -0.05) is 23.2 Å². The first kappa shape index (κ1) is 9.29. The SMILES string of the molecule is COC1=CC(=O)C(Cl)=C(Cl)C1=O. The first-order valence-electron chi connectivity index (χ1n) is 2.98. The Bertz CT molecular complexity index is 315. The Hall–Kier alpha value is -0.800. The van der Waals surface area contributed by atoms with Crippen LogP contribution in [0.3, 0.4) is 0 Å². The predicted molar refractivity (Wildman–Crippen MR) is 43.8 cm³/mol. The van der Waals surface area contributed by atoms with Crippen LogP contribution in [0.5, 0.6) is 0 Å². The molecule has 0 aromatic heterocycles. The van der Waals surface area contributed by atoms with Gasteiger partial charge in [-0.2, -0.15) is 0 Å². The fraction of sp³-hybridized carbons (Fsp3) is 0.143. The van der Waals surface area contributed by atoms with E-state index in [0.29, 0.717) is 0 Å². The molecule has 0 N–H and O–H groups in total. The molecule has 0 aliphatic heterocycles. The molecular weight excluding hydrogens is 203 g/mol. The van der Waals surface area contributed by atoms with E-state index in [1.165, 1.54) is 7.11 Å². The summed E-state index contributed by atoms with van der Waals surface area (Å²) in [6.45, 7) is 0. The van der Waals surface area contributed by atoms with Gasteiger partial charge in [0.2, 0.25) is 11.6 Å². The second kappa shape index (κ2) is 3.29. The summed E-state index contributed by atoms with van der Waals surface area (Å²) in [5, 5.41) is -0.552. The lowest BCUT2D eigenvalue weighted by atomic mass is 10.1. The maximum Gasteiger partial charge on any atom is 0.240 e. The summed E-state index contributed by atoms with van der Waals surface area (Å²) in [7, 11) is 1.28. The quantitative estimate of drug-likeness (QED) is 0.609. The maximum absolute atomic E-state index is 11.1. The van der Waals surface area contributed by atoms with E-state index >= 15 is 0 Å². The van der Waals surface area contributed by atoms with Crippen LogP contribution in [0.25, 0.3) is 0 Å². The Morgan fingerprint density at radius 2 is 1.83 bits per heavy atom. The molecule has 0 aromatic rings.